The molecule has 2 aromatic rings. The Hall–Kier alpha value is -0.710. The van der Waals surface area contributed by atoms with Gasteiger partial charge in [0.2, 0.25) is 0 Å². The minimum Gasteiger partial charge on any atom is -0.309 e. The molecule has 0 radical (unpaired) electrons. The normalized spacial score (nSPS) is 12.6. The summed E-state index contributed by atoms with van der Waals surface area (Å²) in [5.41, 5.74) is 2.44. The molecule has 1 unspecified atom stereocenters. The van der Waals surface area contributed by atoms with Gasteiger partial charge in [-0.15, -0.1) is 11.3 Å². The largest absolute Gasteiger partial charge is 0.309 e. The molecule has 0 fully saturated rings. The molecule has 0 aromatic carbocycles. The van der Waals surface area contributed by atoms with Crippen molar-refractivity contribution in [3.8, 4) is 0 Å². The van der Waals surface area contributed by atoms with Crippen LogP contribution in [0.1, 0.15) is 42.4 Å². The molecule has 0 amide bonds. The van der Waals surface area contributed by atoms with Crippen LogP contribution in [-0.2, 0) is 12.8 Å². The predicted molar refractivity (Wildman–Crippen MR) is 90.4 cm³/mol. The number of hydrogen-bond acceptors (Lipinski definition) is 3. The molecule has 2 heterocycles. The van der Waals surface area contributed by atoms with Crippen molar-refractivity contribution in [2.45, 2.75) is 39.2 Å². The van der Waals surface area contributed by atoms with Crippen LogP contribution in [0.25, 0.3) is 0 Å². The quantitative estimate of drug-likeness (QED) is 0.777. The number of thiophene rings is 1. The second-order valence-corrected chi connectivity index (χ2v) is 6.66. The standard InChI is InChI=1S/C16H21BrN2S/c1-3-8-18-15(16-14(17)7-9-20-16)10-13-6-5-12(4-2)11-19-13/h5-7,9,11,15,18H,3-4,8,10H2,1-2H3. The Labute approximate surface area is 133 Å². The average Bonchev–Trinajstić information content (AvgIpc) is 2.90. The molecule has 20 heavy (non-hydrogen) atoms. The van der Waals surface area contributed by atoms with E-state index in [2.05, 4.69) is 63.7 Å². The van der Waals surface area contributed by atoms with Gasteiger partial charge in [-0.1, -0.05) is 19.9 Å². The summed E-state index contributed by atoms with van der Waals surface area (Å²) in [7, 11) is 0. The first-order valence-corrected chi connectivity index (χ1v) is 8.82. The minimum absolute atomic E-state index is 0.337. The summed E-state index contributed by atoms with van der Waals surface area (Å²) in [6.07, 6.45) is 5.11. The molecule has 0 aliphatic heterocycles. The molecule has 0 aliphatic rings. The number of nitrogens with one attached hydrogen (secondary N) is 1. The van der Waals surface area contributed by atoms with Crippen LogP contribution in [0.4, 0.5) is 0 Å². The predicted octanol–water partition coefficient (Wildman–Crippen LogP) is 4.75. The van der Waals surface area contributed by atoms with Crippen molar-refractivity contribution in [3.63, 3.8) is 0 Å². The van der Waals surface area contributed by atoms with E-state index in [0.717, 1.165) is 31.5 Å². The van der Waals surface area contributed by atoms with E-state index in [1.807, 2.05) is 6.20 Å². The molecular formula is C16H21BrN2S. The van der Waals surface area contributed by atoms with E-state index in [9.17, 15) is 0 Å². The zero-order valence-electron chi connectivity index (χ0n) is 12.0. The van der Waals surface area contributed by atoms with Crippen molar-refractivity contribution < 1.29 is 0 Å². The third-order valence-electron chi connectivity index (χ3n) is 3.31. The SMILES string of the molecule is CCCNC(Cc1ccc(CC)cn1)c1sccc1Br. The van der Waals surface area contributed by atoms with E-state index in [1.54, 1.807) is 11.3 Å². The molecule has 2 rings (SSSR count). The van der Waals surface area contributed by atoms with E-state index < -0.39 is 0 Å². The monoisotopic (exact) mass is 352 g/mol. The summed E-state index contributed by atoms with van der Waals surface area (Å²) < 4.78 is 1.20. The highest BCUT2D eigenvalue weighted by Crippen LogP contribution is 2.30. The van der Waals surface area contributed by atoms with Crippen molar-refractivity contribution in [2.75, 3.05) is 6.54 Å². The van der Waals surface area contributed by atoms with E-state index in [-0.39, 0.29) is 0 Å². The molecule has 0 bridgehead atoms. The first-order chi connectivity index (χ1) is 9.74. The molecule has 0 spiro atoms. The number of nitrogens with zero attached hydrogens (tertiary/aromatic N) is 1. The lowest BCUT2D eigenvalue weighted by Crippen LogP contribution is -2.24. The lowest BCUT2D eigenvalue weighted by atomic mass is 10.1. The Balaban J connectivity index is 2.12. The maximum atomic E-state index is 4.59. The van der Waals surface area contributed by atoms with Crippen molar-refractivity contribution >= 4 is 27.3 Å². The number of hydrogen-bond donors (Lipinski definition) is 1. The highest BCUT2D eigenvalue weighted by atomic mass is 79.9. The highest BCUT2D eigenvalue weighted by molar-refractivity contribution is 9.10. The van der Waals surface area contributed by atoms with Crippen molar-refractivity contribution in [1.82, 2.24) is 10.3 Å². The molecule has 1 N–H and O–H groups in total. The third kappa shape index (κ3) is 4.14. The first kappa shape index (κ1) is 15.7. The van der Waals surface area contributed by atoms with E-state index in [4.69, 9.17) is 0 Å². The topological polar surface area (TPSA) is 24.9 Å². The second-order valence-electron chi connectivity index (χ2n) is 4.85. The highest BCUT2D eigenvalue weighted by Gasteiger charge is 2.16. The summed E-state index contributed by atoms with van der Waals surface area (Å²) >= 11 is 5.44. The van der Waals surface area contributed by atoms with Crippen molar-refractivity contribution in [3.05, 3.63) is 50.4 Å². The summed E-state index contributed by atoms with van der Waals surface area (Å²) in [5.74, 6) is 0. The zero-order chi connectivity index (χ0) is 14.4. The molecular weight excluding hydrogens is 332 g/mol. The van der Waals surface area contributed by atoms with Gasteiger partial charge in [-0.05, 0) is 58.4 Å². The van der Waals surface area contributed by atoms with Gasteiger partial charge in [0.15, 0.2) is 0 Å². The van der Waals surface area contributed by atoms with Crippen molar-refractivity contribution in [2.24, 2.45) is 0 Å². The Morgan fingerprint density at radius 1 is 1.30 bits per heavy atom. The number of pyridine rings is 1. The Kier molecular flexibility index (Phi) is 6.20. The minimum atomic E-state index is 0.337. The van der Waals surface area contributed by atoms with Gasteiger partial charge in [-0.2, -0.15) is 0 Å². The van der Waals surface area contributed by atoms with Gasteiger partial charge in [-0.3, -0.25) is 4.98 Å². The third-order valence-corrected chi connectivity index (χ3v) is 5.29. The van der Waals surface area contributed by atoms with Crippen LogP contribution < -0.4 is 5.32 Å². The van der Waals surface area contributed by atoms with E-state index in [1.165, 1.54) is 14.9 Å². The number of halogens is 1. The van der Waals surface area contributed by atoms with Gasteiger partial charge in [0.1, 0.15) is 0 Å². The molecule has 4 heteroatoms. The fourth-order valence-corrected chi connectivity index (χ4v) is 3.85. The van der Waals surface area contributed by atoms with E-state index in [0.29, 0.717) is 6.04 Å². The zero-order valence-corrected chi connectivity index (χ0v) is 14.4. The smallest absolute Gasteiger partial charge is 0.0482 e. The van der Waals surface area contributed by atoms with E-state index >= 15 is 0 Å². The lowest BCUT2D eigenvalue weighted by Gasteiger charge is -2.17. The van der Waals surface area contributed by atoms with Gasteiger partial charge in [0.05, 0.1) is 0 Å². The van der Waals surface area contributed by atoms with Crippen LogP contribution in [-0.4, -0.2) is 11.5 Å². The summed E-state index contributed by atoms with van der Waals surface area (Å²) in [5, 5.41) is 5.76. The molecule has 0 saturated heterocycles. The van der Waals surface area contributed by atoms with Crippen molar-refractivity contribution in [1.29, 1.82) is 0 Å². The molecule has 0 aliphatic carbocycles. The van der Waals surface area contributed by atoms with Crippen LogP contribution in [0, 0.1) is 0 Å². The van der Waals surface area contributed by atoms with Crippen LogP contribution in [0.5, 0.6) is 0 Å². The van der Waals surface area contributed by atoms with Gasteiger partial charge in [0, 0.05) is 33.7 Å². The second kappa shape index (κ2) is 7.91. The molecule has 2 aromatic heterocycles. The Morgan fingerprint density at radius 3 is 2.70 bits per heavy atom. The summed E-state index contributed by atoms with van der Waals surface area (Å²) in [6.45, 7) is 5.38. The molecule has 2 nitrogen and oxygen atoms in total. The average molecular weight is 353 g/mol. The maximum absolute atomic E-state index is 4.59. The number of aromatic nitrogens is 1. The number of rotatable bonds is 7. The van der Waals surface area contributed by atoms with Crippen LogP contribution in [0.15, 0.2) is 34.2 Å². The number of aryl methyl sites for hydroxylation is 1. The van der Waals surface area contributed by atoms with Gasteiger partial charge >= 0.3 is 0 Å². The summed E-state index contributed by atoms with van der Waals surface area (Å²) in [6, 6.07) is 6.79. The van der Waals surface area contributed by atoms with Crippen LogP contribution in [0.2, 0.25) is 0 Å². The molecule has 108 valence electrons. The van der Waals surface area contributed by atoms with Crippen LogP contribution >= 0.6 is 27.3 Å². The fraction of sp³-hybridized carbons (Fsp3) is 0.438. The van der Waals surface area contributed by atoms with Gasteiger partial charge in [-0.25, -0.2) is 0 Å². The fourth-order valence-electron chi connectivity index (χ4n) is 2.12. The first-order valence-electron chi connectivity index (χ1n) is 7.14. The molecule has 1 atom stereocenters. The maximum Gasteiger partial charge on any atom is 0.0482 e. The Morgan fingerprint density at radius 2 is 2.15 bits per heavy atom. The molecule has 0 saturated carbocycles. The van der Waals surface area contributed by atoms with Gasteiger partial charge < -0.3 is 5.32 Å². The lowest BCUT2D eigenvalue weighted by molar-refractivity contribution is 0.530. The Bertz CT molecular complexity index is 522. The summed E-state index contributed by atoms with van der Waals surface area (Å²) in [4.78, 5) is 5.95. The van der Waals surface area contributed by atoms with Crippen LogP contribution in [0.3, 0.4) is 0 Å². The van der Waals surface area contributed by atoms with Gasteiger partial charge in [0.25, 0.3) is 0 Å².